The van der Waals surface area contributed by atoms with Gasteiger partial charge in [-0.2, -0.15) is 0 Å². The number of alkyl halides is 1. The Morgan fingerprint density at radius 3 is 1.95 bits per heavy atom. The molecule has 1 N–H and O–H groups in total. The Hall–Kier alpha value is -1.28. The van der Waals surface area contributed by atoms with E-state index < -0.39 is 0 Å². The summed E-state index contributed by atoms with van der Waals surface area (Å²) < 4.78 is 0. The van der Waals surface area contributed by atoms with Crippen molar-refractivity contribution in [2.75, 3.05) is 0 Å². The highest BCUT2D eigenvalue weighted by Gasteiger charge is 2.20. The van der Waals surface area contributed by atoms with Gasteiger partial charge in [-0.15, -0.1) is 0 Å². The third kappa shape index (κ3) is 3.22. The van der Waals surface area contributed by atoms with E-state index in [9.17, 15) is 5.11 Å². The van der Waals surface area contributed by atoms with Crippen LogP contribution in [0.3, 0.4) is 0 Å². The van der Waals surface area contributed by atoms with E-state index in [0.717, 1.165) is 16.7 Å². The van der Waals surface area contributed by atoms with Gasteiger partial charge in [0.15, 0.2) is 0 Å². The SMILES string of the molecule is Cc1cc(C)c(-c2cc(C(C)(C)C)cc(CBr)c2O)c(C)c1. The highest BCUT2D eigenvalue weighted by molar-refractivity contribution is 9.08. The van der Waals surface area contributed by atoms with Gasteiger partial charge in [0.1, 0.15) is 5.75 Å². The highest BCUT2D eigenvalue weighted by atomic mass is 79.9. The molecule has 0 heterocycles. The molecule has 0 radical (unpaired) electrons. The third-order valence-corrected chi connectivity index (χ3v) is 4.75. The zero-order chi connectivity index (χ0) is 16.7. The molecule has 2 rings (SSSR count). The summed E-state index contributed by atoms with van der Waals surface area (Å²) in [7, 11) is 0. The zero-order valence-electron chi connectivity index (χ0n) is 14.3. The van der Waals surface area contributed by atoms with Crippen LogP contribution in [0.1, 0.15) is 48.6 Å². The number of rotatable bonds is 2. The number of hydrogen-bond acceptors (Lipinski definition) is 1. The van der Waals surface area contributed by atoms with Gasteiger partial charge in [-0.3, -0.25) is 0 Å². The Morgan fingerprint density at radius 1 is 0.955 bits per heavy atom. The molecular weight excluding hydrogens is 336 g/mol. The lowest BCUT2D eigenvalue weighted by molar-refractivity contribution is 0.471. The first-order valence-electron chi connectivity index (χ1n) is 7.65. The number of aromatic hydroxyl groups is 1. The Morgan fingerprint density at radius 2 is 1.50 bits per heavy atom. The Balaban J connectivity index is 2.81. The monoisotopic (exact) mass is 360 g/mol. The second-order valence-corrected chi connectivity index (χ2v) is 7.75. The maximum absolute atomic E-state index is 10.7. The first kappa shape index (κ1) is 17.1. The van der Waals surface area contributed by atoms with Crippen LogP contribution >= 0.6 is 15.9 Å². The first-order chi connectivity index (χ1) is 10.1. The van der Waals surface area contributed by atoms with Crippen LogP contribution < -0.4 is 0 Å². The molecule has 0 spiro atoms. The number of benzene rings is 2. The van der Waals surface area contributed by atoms with Gasteiger partial charge in [-0.1, -0.05) is 60.5 Å². The predicted octanol–water partition coefficient (Wildman–Crippen LogP) is 6.18. The van der Waals surface area contributed by atoms with E-state index in [-0.39, 0.29) is 5.41 Å². The van der Waals surface area contributed by atoms with Gasteiger partial charge >= 0.3 is 0 Å². The summed E-state index contributed by atoms with van der Waals surface area (Å²) in [4.78, 5) is 0. The number of halogens is 1. The van der Waals surface area contributed by atoms with Crippen LogP contribution in [0.4, 0.5) is 0 Å². The Bertz CT molecular complexity index is 685. The van der Waals surface area contributed by atoms with E-state index in [0.29, 0.717) is 11.1 Å². The van der Waals surface area contributed by atoms with E-state index in [1.54, 1.807) is 0 Å². The van der Waals surface area contributed by atoms with Crippen molar-refractivity contribution in [1.29, 1.82) is 0 Å². The summed E-state index contributed by atoms with van der Waals surface area (Å²) in [6, 6.07) is 8.61. The Kier molecular flexibility index (Phi) is 4.72. The summed E-state index contributed by atoms with van der Waals surface area (Å²) in [6.07, 6.45) is 0. The molecule has 0 saturated carbocycles. The van der Waals surface area contributed by atoms with Crippen LogP contribution in [-0.2, 0) is 10.7 Å². The fraction of sp³-hybridized carbons (Fsp3) is 0.400. The van der Waals surface area contributed by atoms with Crippen molar-refractivity contribution in [2.45, 2.75) is 52.3 Å². The molecule has 0 saturated heterocycles. The topological polar surface area (TPSA) is 20.2 Å². The average Bonchev–Trinajstić information content (AvgIpc) is 2.38. The fourth-order valence-corrected chi connectivity index (χ4v) is 3.45. The summed E-state index contributed by atoms with van der Waals surface area (Å²) >= 11 is 3.50. The molecule has 0 aliphatic carbocycles. The van der Waals surface area contributed by atoms with Crippen LogP contribution in [0.25, 0.3) is 11.1 Å². The molecule has 0 bridgehead atoms. The summed E-state index contributed by atoms with van der Waals surface area (Å²) in [5.41, 5.74) is 8.00. The molecule has 0 aliphatic heterocycles. The largest absolute Gasteiger partial charge is 0.507 e. The van der Waals surface area contributed by atoms with Gasteiger partial charge in [-0.25, -0.2) is 0 Å². The fourth-order valence-electron chi connectivity index (χ4n) is 3.02. The second-order valence-electron chi connectivity index (χ2n) is 7.19. The van der Waals surface area contributed by atoms with Gasteiger partial charge in [0.25, 0.3) is 0 Å². The van der Waals surface area contributed by atoms with Crippen LogP contribution in [0.2, 0.25) is 0 Å². The molecular formula is C20H25BrO. The van der Waals surface area contributed by atoms with Crippen molar-refractivity contribution in [3.05, 3.63) is 52.1 Å². The molecule has 118 valence electrons. The number of phenols is 1. The standard InChI is InChI=1S/C20H25BrO/c1-12-7-13(2)18(14(3)8-12)17-10-16(20(4,5)6)9-15(11-21)19(17)22/h7-10,22H,11H2,1-6H3. The molecule has 0 amide bonds. The number of phenolic OH excluding ortho intramolecular Hbond substituents is 1. The molecule has 1 nitrogen and oxygen atoms in total. The highest BCUT2D eigenvalue weighted by Crippen LogP contribution is 2.40. The maximum Gasteiger partial charge on any atom is 0.127 e. The lowest BCUT2D eigenvalue weighted by Crippen LogP contribution is -2.12. The van der Waals surface area contributed by atoms with Crippen LogP contribution in [-0.4, -0.2) is 5.11 Å². The molecule has 2 aromatic carbocycles. The van der Waals surface area contributed by atoms with Gasteiger partial charge in [-0.05, 0) is 54.5 Å². The minimum atomic E-state index is 0.0475. The minimum Gasteiger partial charge on any atom is -0.507 e. The molecule has 0 aromatic heterocycles. The molecule has 0 atom stereocenters. The van der Waals surface area contributed by atoms with Gasteiger partial charge in [0, 0.05) is 16.5 Å². The van der Waals surface area contributed by atoms with E-state index >= 15 is 0 Å². The summed E-state index contributed by atoms with van der Waals surface area (Å²) in [6.45, 7) is 13.0. The van der Waals surface area contributed by atoms with E-state index in [4.69, 9.17) is 0 Å². The lowest BCUT2D eigenvalue weighted by atomic mass is 9.82. The minimum absolute atomic E-state index is 0.0475. The third-order valence-electron chi connectivity index (χ3n) is 4.15. The smallest absolute Gasteiger partial charge is 0.127 e. The van der Waals surface area contributed by atoms with Gasteiger partial charge in [0.2, 0.25) is 0 Å². The number of hydrogen-bond donors (Lipinski definition) is 1. The summed E-state index contributed by atoms with van der Waals surface area (Å²) in [5.74, 6) is 0.389. The van der Waals surface area contributed by atoms with E-state index in [1.807, 2.05) is 0 Å². The second kappa shape index (κ2) is 6.08. The zero-order valence-corrected chi connectivity index (χ0v) is 15.9. The quantitative estimate of drug-likeness (QED) is 0.634. The van der Waals surface area contributed by atoms with Crippen molar-refractivity contribution >= 4 is 15.9 Å². The normalized spacial score (nSPS) is 11.8. The van der Waals surface area contributed by atoms with Gasteiger partial charge < -0.3 is 5.11 Å². The lowest BCUT2D eigenvalue weighted by Gasteiger charge is -2.23. The van der Waals surface area contributed by atoms with Crippen LogP contribution in [0, 0.1) is 20.8 Å². The van der Waals surface area contributed by atoms with Crippen molar-refractivity contribution in [3.8, 4) is 16.9 Å². The molecule has 0 fully saturated rings. The van der Waals surface area contributed by atoms with Crippen LogP contribution in [0.15, 0.2) is 24.3 Å². The molecule has 2 heteroatoms. The predicted molar refractivity (Wildman–Crippen MR) is 99.1 cm³/mol. The molecule has 0 unspecified atom stereocenters. The first-order valence-corrected chi connectivity index (χ1v) is 8.78. The van der Waals surface area contributed by atoms with E-state index in [1.165, 1.54) is 22.3 Å². The molecule has 2 aromatic rings. The van der Waals surface area contributed by atoms with Crippen molar-refractivity contribution in [3.63, 3.8) is 0 Å². The summed E-state index contributed by atoms with van der Waals surface area (Å²) in [5, 5.41) is 11.4. The van der Waals surface area contributed by atoms with Crippen LogP contribution in [0.5, 0.6) is 5.75 Å². The number of aryl methyl sites for hydroxylation is 3. The van der Waals surface area contributed by atoms with E-state index in [2.05, 4.69) is 81.7 Å². The molecule has 0 aliphatic rings. The van der Waals surface area contributed by atoms with Gasteiger partial charge in [0.05, 0.1) is 0 Å². The maximum atomic E-state index is 10.7. The molecule has 22 heavy (non-hydrogen) atoms. The van der Waals surface area contributed by atoms with Crippen molar-refractivity contribution in [1.82, 2.24) is 0 Å². The Labute approximate surface area is 142 Å². The average molecular weight is 361 g/mol. The van der Waals surface area contributed by atoms with Crippen molar-refractivity contribution in [2.24, 2.45) is 0 Å². The van der Waals surface area contributed by atoms with Crippen molar-refractivity contribution < 1.29 is 5.11 Å².